The predicted molar refractivity (Wildman–Crippen MR) is 81.7 cm³/mol. The van der Waals surface area contributed by atoms with Crippen molar-refractivity contribution in [2.45, 2.75) is 19.4 Å². The first-order chi connectivity index (χ1) is 9.15. The van der Waals surface area contributed by atoms with Crippen LogP contribution < -0.4 is 5.32 Å². The summed E-state index contributed by atoms with van der Waals surface area (Å²) in [6, 6.07) is 7.54. The normalized spacial score (nSPS) is 10.4. The molecular weight excluding hydrogens is 346 g/mol. The number of thiophene rings is 2. The summed E-state index contributed by atoms with van der Waals surface area (Å²) in [5.41, 5.74) is 0. The molecule has 0 aromatic carbocycles. The average Bonchev–Trinajstić information content (AvgIpc) is 3.04. The van der Waals surface area contributed by atoms with Gasteiger partial charge in [0.1, 0.15) is 0 Å². The van der Waals surface area contributed by atoms with E-state index >= 15 is 0 Å². The second-order valence-corrected chi connectivity index (χ2v) is 7.38. The standard InChI is InChI=1S/C13H12BrNO2S2/c14-12-5-3-9(19-12)8-15-13(17)6-4-10(16)11-2-1-7-18-11/h1-3,5,7H,4,6,8H2,(H,15,17). The second kappa shape index (κ2) is 6.98. The smallest absolute Gasteiger partial charge is 0.220 e. The zero-order valence-corrected chi connectivity index (χ0v) is 13.2. The molecule has 0 saturated carbocycles. The number of hydrogen-bond acceptors (Lipinski definition) is 4. The Morgan fingerprint density at radius 2 is 2.05 bits per heavy atom. The predicted octanol–water partition coefficient (Wildman–Crippen LogP) is 3.85. The number of amides is 1. The van der Waals surface area contributed by atoms with Gasteiger partial charge in [-0.1, -0.05) is 6.07 Å². The van der Waals surface area contributed by atoms with Crippen molar-refractivity contribution in [3.05, 3.63) is 43.2 Å². The van der Waals surface area contributed by atoms with Gasteiger partial charge in [-0.2, -0.15) is 0 Å². The molecule has 2 aromatic rings. The molecule has 2 rings (SSSR count). The fraction of sp³-hybridized carbons (Fsp3) is 0.231. The molecule has 0 aliphatic carbocycles. The van der Waals surface area contributed by atoms with Crippen molar-refractivity contribution in [3.8, 4) is 0 Å². The quantitative estimate of drug-likeness (QED) is 0.798. The fourth-order valence-electron chi connectivity index (χ4n) is 1.51. The Kier molecular flexibility index (Phi) is 5.30. The van der Waals surface area contributed by atoms with Crippen LogP contribution in [0.3, 0.4) is 0 Å². The minimum atomic E-state index is -0.0885. The second-order valence-electron chi connectivity index (χ2n) is 3.88. The largest absolute Gasteiger partial charge is 0.351 e. The number of Topliss-reactive ketones (excluding diaryl/α,β-unsaturated/α-hetero) is 1. The van der Waals surface area contributed by atoms with E-state index in [2.05, 4.69) is 21.2 Å². The molecule has 6 heteroatoms. The molecule has 0 bridgehead atoms. The maximum Gasteiger partial charge on any atom is 0.220 e. The van der Waals surface area contributed by atoms with Gasteiger partial charge in [-0.15, -0.1) is 22.7 Å². The summed E-state index contributed by atoms with van der Waals surface area (Å²) in [7, 11) is 0. The van der Waals surface area contributed by atoms with Gasteiger partial charge in [0.25, 0.3) is 0 Å². The van der Waals surface area contributed by atoms with Gasteiger partial charge in [0.2, 0.25) is 5.91 Å². The molecule has 1 amide bonds. The minimum Gasteiger partial charge on any atom is -0.351 e. The van der Waals surface area contributed by atoms with Gasteiger partial charge in [-0.05, 0) is 39.5 Å². The van der Waals surface area contributed by atoms with Crippen LogP contribution in [0.2, 0.25) is 0 Å². The van der Waals surface area contributed by atoms with E-state index in [1.54, 1.807) is 17.4 Å². The molecule has 2 heterocycles. The van der Waals surface area contributed by atoms with E-state index in [-0.39, 0.29) is 24.5 Å². The van der Waals surface area contributed by atoms with Crippen molar-refractivity contribution < 1.29 is 9.59 Å². The van der Waals surface area contributed by atoms with E-state index < -0.39 is 0 Å². The summed E-state index contributed by atoms with van der Waals surface area (Å²) < 4.78 is 1.05. The zero-order valence-electron chi connectivity index (χ0n) is 10.0. The first-order valence-electron chi connectivity index (χ1n) is 5.73. The Hall–Kier alpha value is -0.980. The zero-order chi connectivity index (χ0) is 13.7. The summed E-state index contributed by atoms with van der Waals surface area (Å²) in [6.45, 7) is 0.516. The minimum absolute atomic E-state index is 0.0315. The molecule has 19 heavy (non-hydrogen) atoms. The van der Waals surface area contributed by atoms with E-state index in [0.29, 0.717) is 6.54 Å². The van der Waals surface area contributed by atoms with Crippen LogP contribution in [0.1, 0.15) is 27.4 Å². The monoisotopic (exact) mass is 357 g/mol. The highest BCUT2D eigenvalue weighted by atomic mass is 79.9. The summed E-state index contributed by atoms with van der Waals surface area (Å²) in [4.78, 5) is 25.1. The van der Waals surface area contributed by atoms with Gasteiger partial charge in [-0.3, -0.25) is 9.59 Å². The van der Waals surface area contributed by atoms with Crippen molar-refractivity contribution in [1.29, 1.82) is 0 Å². The Morgan fingerprint density at radius 1 is 1.21 bits per heavy atom. The third-order valence-corrected chi connectivity index (χ3v) is 5.00. The molecule has 2 aromatic heterocycles. The number of nitrogens with one attached hydrogen (secondary N) is 1. The van der Waals surface area contributed by atoms with Crippen LogP contribution in [0, 0.1) is 0 Å². The number of halogens is 1. The summed E-state index contributed by atoms with van der Waals surface area (Å²) >= 11 is 6.37. The third-order valence-electron chi connectivity index (χ3n) is 2.46. The van der Waals surface area contributed by atoms with Gasteiger partial charge in [0.05, 0.1) is 15.2 Å². The van der Waals surface area contributed by atoms with Gasteiger partial charge < -0.3 is 5.32 Å². The van der Waals surface area contributed by atoms with Crippen molar-refractivity contribution in [3.63, 3.8) is 0 Å². The Morgan fingerprint density at radius 3 is 2.68 bits per heavy atom. The summed E-state index contributed by atoms with van der Waals surface area (Å²) in [6.07, 6.45) is 0.504. The van der Waals surface area contributed by atoms with Crippen molar-refractivity contribution in [1.82, 2.24) is 5.32 Å². The molecule has 0 aliphatic rings. The number of rotatable bonds is 6. The van der Waals surface area contributed by atoms with Gasteiger partial charge in [-0.25, -0.2) is 0 Å². The molecule has 3 nitrogen and oxygen atoms in total. The summed E-state index contributed by atoms with van der Waals surface area (Å²) in [5.74, 6) is -0.0570. The van der Waals surface area contributed by atoms with Gasteiger partial charge >= 0.3 is 0 Å². The molecule has 0 radical (unpaired) electrons. The molecule has 100 valence electrons. The van der Waals surface area contributed by atoms with E-state index in [0.717, 1.165) is 13.5 Å². The lowest BCUT2D eigenvalue weighted by atomic mass is 10.2. The topological polar surface area (TPSA) is 46.2 Å². The van der Waals surface area contributed by atoms with Crippen molar-refractivity contribution >= 4 is 50.3 Å². The summed E-state index contributed by atoms with van der Waals surface area (Å²) in [5, 5.41) is 4.68. The maximum absolute atomic E-state index is 11.7. The van der Waals surface area contributed by atoms with Crippen LogP contribution in [0.15, 0.2) is 33.4 Å². The molecule has 0 aliphatic heterocycles. The van der Waals surface area contributed by atoms with Crippen LogP contribution in [0.25, 0.3) is 0 Å². The molecular formula is C13H12BrNO2S2. The molecule has 0 atom stereocenters. The molecule has 1 N–H and O–H groups in total. The Labute approximate surface area is 127 Å². The van der Waals surface area contributed by atoms with E-state index in [1.807, 2.05) is 23.6 Å². The van der Waals surface area contributed by atoms with E-state index in [9.17, 15) is 9.59 Å². The highest BCUT2D eigenvalue weighted by Crippen LogP contribution is 2.21. The maximum atomic E-state index is 11.7. The van der Waals surface area contributed by atoms with Crippen LogP contribution >= 0.6 is 38.6 Å². The van der Waals surface area contributed by atoms with Gasteiger partial charge in [0.15, 0.2) is 5.78 Å². The number of carbonyl (C=O) groups is 2. The van der Waals surface area contributed by atoms with Crippen LogP contribution in [0.4, 0.5) is 0 Å². The lowest BCUT2D eigenvalue weighted by molar-refractivity contribution is -0.121. The fourth-order valence-corrected chi connectivity index (χ4v) is 3.63. The molecule has 0 unspecified atom stereocenters. The van der Waals surface area contributed by atoms with E-state index in [4.69, 9.17) is 0 Å². The Bertz CT molecular complexity index is 563. The molecule has 0 spiro atoms. The highest BCUT2D eigenvalue weighted by Gasteiger charge is 2.10. The van der Waals surface area contributed by atoms with Crippen LogP contribution in [0.5, 0.6) is 0 Å². The van der Waals surface area contributed by atoms with E-state index in [1.165, 1.54) is 11.3 Å². The Balaban J connectivity index is 1.71. The lowest BCUT2D eigenvalue weighted by Gasteiger charge is -2.02. The molecule has 0 saturated heterocycles. The number of ketones is 1. The first-order valence-corrected chi connectivity index (χ1v) is 8.21. The van der Waals surface area contributed by atoms with Crippen LogP contribution in [-0.2, 0) is 11.3 Å². The average molecular weight is 358 g/mol. The van der Waals surface area contributed by atoms with Crippen molar-refractivity contribution in [2.75, 3.05) is 0 Å². The lowest BCUT2D eigenvalue weighted by Crippen LogP contribution is -2.22. The van der Waals surface area contributed by atoms with Crippen molar-refractivity contribution in [2.24, 2.45) is 0 Å². The van der Waals surface area contributed by atoms with Gasteiger partial charge in [0, 0.05) is 17.7 Å². The first kappa shape index (κ1) is 14.4. The van der Waals surface area contributed by atoms with Crippen LogP contribution in [-0.4, -0.2) is 11.7 Å². The highest BCUT2D eigenvalue weighted by molar-refractivity contribution is 9.11. The number of hydrogen-bond donors (Lipinski definition) is 1. The number of carbonyl (C=O) groups excluding carboxylic acids is 2. The molecule has 0 fully saturated rings. The SMILES string of the molecule is O=C(CCC(=O)c1cccs1)NCc1ccc(Br)s1. The third kappa shape index (κ3) is 4.56.